The number of benzene rings is 1. The van der Waals surface area contributed by atoms with Gasteiger partial charge in [-0.25, -0.2) is 0 Å². The molecule has 16 heavy (non-hydrogen) atoms. The highest BCUT2D eigenvalue weighted by molar-refractivity contribution is 6.40. The van der Waals surface area contributed by atoms with Crippen molar-refractivity contribution in [2.75, 3.05) is 6.61 Å². The first-order valence-electron chi connectivity index (χ1n) is 4.17. The fourth-order valence-corrected chi connectivity index (χ4v) is 1.84. The van der Waals surface area contributed by atoms with E-state index in [0.29, 0.717) is 5.02 Å². The second-order valence-electron chi connectivity index (χ2n) is 2.95. The number of ether oxygens (including phenoxy) is 1. The van der Waals surface area contributed by atoms with Gasteiger partial charge in [0, 0.05) is 5.02 Å². The lowest BCUT2D eigenvalue weighted by Crippen LogP contribution is -2.36. The van der Waals surface area contributed by atoms with Crippen LogP contribution in [0.1, 0.15) is 0 Å². The van der Waals surface area contributed by atoms with E-state index in [0.717, 1.165) is 0 Å². The average molecular weight is 285 g/mol. The maximum Gasteiger partial charge on any atom is 0.324 e. The van der Waals surface area contributed by atoms with Gasteiger partial charge in [0.1, 0.15) is 12.6 Å². The van der Waals surface area contributed by atoms with Gasteiger partial charge in [-0.05, 0) is 12.1 Å². The predicted octanol–water partition coefficient (Wildman–Crippen LogP) is 2.44. The fraction of sp³-hybridized carbons (Fsp3) is 0.222. The lowest BCUT2D eigenvalue weighted by molar-refractivity contribution is -0.139. The Labute approximate surface area is 107 Å². The summed E-state index contributed by atoms with van der Waals surface area (Å²) >= 11 is 17.3. The number of hydrogen-bond donors (Lipinski definition) is 2. The fourth-order valence-electron chi connectivity index (χ4n) is 0.911. The van der Waals surface area contributed by atoms with Gasteiger partial charge in [-0.2, -0.15) is 0 Å². The van der Waals surface area contributed by atoms with Crippen molar-refractivity contribution in [2.24, 2.45) is 5.73 Å². The number of hydrogen-bond acceptors (Lipinski definition) is 3. The largest absolute Gasteiger partial charge is 0.488 e. The van der Waals surface area contributed by atoms with Crippen LogP contribution in [0.15, 0.2) is 12.1 Å². The maximum atomic E-state index is 10.5. The summed E-state index contributed by atoms with van der Waals surface area (Å²) < 4.78 is 5.12. The van der Waals surface area contributed by atoms with Crippen molar-refractivity contribution in [1.82, 2.24) is 0 Å². The Morgan fingerprint density at radius 3 is 2.31 bits per heavy atom. The van der Waals surface area contributed by atoms with E-state index in [1.165, 1.54) is 12.1 Å². The molecular weight excluding hydrogens is 276 g/mol. The molecule has 0 radical (unpaired) electrons. The summed E-state index contributed by atoms with van der Waals surface area (Å²) in [4.78, 5) is 10.5. The third-order valence-corrected chi connectivity index (χ3v) is 2.47. The van der Waals surface area contributed by atoms with E-state index in [1.54, 1.807) is 0 Å². The van der Waals surface area contributed by atoms with E-state index in [-0.39, 0.29) is 22.4 Å². The van der Waals surface area contributed by atoms with Crippen molar-refractivity contribution in [3.05, 3.63) is 27.2 Å². The number of carboxylic acid groups (broad SMARTS) is 1. The lowest BCUT2D eigenvalue weighted by atomic mass is 10.3. The standard InChI is InChI=1S/C9H8Cl3NO3/c10-4-1-5(11)8(6(12)2-4)16-3-7(13)9(14)15/h1-2,7H,3,13H2,(H,14,15)/t7-/m0/s1. The molecule has 1 atom stereocenters. The maximum absolute atomic E-state index is 10.5. The summed E-state index contributed by atoms with van der Waals surface area (Å²) in [5.41, 5.74) is 5.26. The molecule has 0 saturated heterocycles. The Balaban J connectivity index is 2.78. The van der Waals surface area contributed by atoms with Gasteiger partial charge in [-0.15, -0.1) is 0 Å². The van der Waals surface area contributed by atoms with Gasteiger partial charge in [0.2, 0.25) is 0 Å². The van der Waals surface area contributed by atoms with Crippen molar-refractivity contribution >= 4 is 40.8 Å². The van der Waals surface area contributed by atoms with Crippen molar-refractivity contribution in [2.45, 2.75) is 6.04 Å². The number of carbonyl (C=O) groups is 1. The number of rotatable bonds is 4. The molecule has 0 heterocycles. The van der Waals surface area contributed by atoms with Crippen LogP contribution < -0.4 is 10.5 Å². The molecule has 0 amide bonds. The monoisotopic (exact) mass is 283 g/mol. The first-order valence-corrected chi connectivity index (χ1v) is 5.31. The molecule has 0 spiro atoms. The molecule has 3 N–H and O–H groups in total. The second-order valence-corrected chi connectivity index (χ2v) is 4.21. The second kappa shape index (κ2) is 5.59. The van der Waals surface area contributed by atoms with Crippen molar-refractivity contribution < 1.29 is 14.6 Å². The quantitative estimate of drug-likeness (QED) is 0.890. The molecule has 4 nitrogen and oxygen atoms in total. The molecular formula is C9H8Cl3NO3. The minimum Gasteiger partial charge on any atom is -0.488 e. The van der Waals surface area contributed by atoms with Gasteiger partial charge in [0.25, 0.3) is 0 Å². The molecule has 88 valence electrons. The molecule has 1 rings (SSSR count). The summed E-state index contributed by atoms with van der Waals surface area (Å²) in [5, 5.41) is 9.32. The third-order valence-electron chi connectivity index (χ3n) is 1.69. The summed E-state index contributed by atoms with van der Waals surface area (Å²) in [7, 11) is 0. The Bertz CT molecular complexity index is 388. The smallest absolute Gasteiger partial charge is 0.324 e. The predicted molar refractivity (Wildman–Crippen MR) is 62.6 cm³/mol. The molecule has 0 aromatic heterocycles. The van der Waals surface area contributed by atoms with E-state index in [9.17, 15) is 4.79 Å². The highest BCUT2D eigenvalue weighted by atomic mass is 35.5. The molecule has 0 bridgehead atoms. The van der Waals surface area contributed by atoms with Crippen LogP contribution in [0.25, 0.3) is 0 Å². The molecule has 1 aromatic carbocycles. The minimum absolute atomic E-state index is 0.171. The first kappa shape index (κ1) is 13.4. The lowest BCUT2D eigenvalue weighted by Gasteiger charge is -2.12. The topological polar surface area (TPSA) is 72.5 Å². The van der Waals surface area contributed by atoms with Crippen LogP contribution in [0.3, 0.4) is 0 Å². The van der Waals surface area contributed by atoms with Crippen LogP contribution in [0, 0.1) is 0 Å². The van der Waals surface area contributed by atoms with E-state index in [2.05, 4.69) is 0 Å². The molecule has 0 aliphatic heterocycles. The highest BCUT2D eigenvalue weighted by Gasteiger charge is 2.15. The number of aliphatic carboxylic acids is 1. The summed E-state index contributed by atoms with van der Waals surface area (Å²) in [6, 6.07) is 1.75. The van der Waals surface area contributed by atoms with E-state index in [1.807, 2.05) is 0 Å². The van der Waals surface area contributed by atoms with Gasteiger partial charge >= 0.3 is 5.97 Å². The number of carboxylic acids is 1. The van der Waals surface area contributed by atoms with Crippen LogP contribution in [0.5, 0.6) is 5.75 Å². The van der Waals surface area contributed by atoms with E-state index < -0.39 is 12.0 Å². The van der Waals surface area contributed by atoms with Gasteiger partial charge < -0.3 is 15.6 Å². The molecule has 0 saturated carbocycles. The molecule has 0 aliphatic rings. The third kappa shape index (κ3) is 3.42. The van der Waals surface area contributed by atoms with Crippen molar-refractivity contribution in [3.63, 3.8) is 0 Å². The average Bonchev–Trinajstić information content (AvgIpc) is 2.15. The van der Waals surface area contributed by atoms with Crippen LogP contribution in [0.4, 0.5) is 0 Å². The zero-order chi connectivity index (χ0) is 12.3. The van der Waals surface area contributed by atoms with Crippen LogP contribution in [0.2, 0.25) is 15.1 Å². The van der Waals surface area contributed by atoms with Gasteiger partial charge in [-0.3, -0.25) is 4.79 Å². The van der Waals surface area contributed by atoms with Crippen molar-refractivity contribution in [3.8, 4) is 5.75 Å². The summed E-state index contributed by atoms with van der Waals surface area (Å²) in [6.45, 7) is -0.226. The summed E-state index contributed by atoms with van der Waals surface area (Å²) in [6.07, 6.45) is 0. The Morgan fingerprint density at radius 2 is 1.88 bits per heavy atom. The first-order chi connectivity index (χ1) is 7.41. The molecule has 0 aliphatic carbocycles. The zero-order valence-electron chi connectivity index (χ0n) is 7.91. The number of halogens is 3. The van der Waals surface area contributed by atoms with Gasteiger partial charge in [-0.1, -0.05) is 34.8 Å². The van der Waals surface area contributed by atoms with Crippen molar-refractivity contribution in [1.29, 1.82) is 0 Å². The molecule has 1 aromatic rings. The van der Waals surface area contributed by atoms with E-state index in [4.69, 9.17) is 50.4 Å². The Hall–Kier alpha value is -0.680. The normalized spacial score (nSPS) is 12.2. The SMILES string of the molecule is N[C@@H](COc1c(Cl)cc(Cl)cc1Cl)C(=O)O. The van der Waals surface area contributed by atoms with E-state index >= 15 is 0 Å². The minimum atomic E-state index is -1.17. The molecule has 7 heteroatoms. The Morgan fingerprint density at radius 1 is 1.38 bits per heavy atom. The van der Waals surface area contributed by atoms with Crippen LogP contribution in [-0.4, -0.2) is 23.7 Å². The van der Waals surface area contributed by atoms with Crippen LogP contribution >= 0.6 is 34.8 Å². The molecule has 0 unspecified atom stereocenters. The number of nitrogens with two attached hydrogens (primary N) is 1. The van der Waals surface area contributed by atoms with Gasteiger partial charge in [0.05, 0.1) is 10.0 Å². The zero-order valence-corrected chi connectivity index (χ0v) is 10.2. The van der Waals surface area contributed by atoms with Crippen LogP contribution in [-0.2, 0) is 4.79 Å². The summed E-state index contributed by atoms with van der Waals surface area (Å²) in [5.74, 6) is -0.995. The Kier molecular flexibility index (Phi) is 4.68. The van der Waals surface area contributed by atoms with Gasteiger partial charge in [0.15, 0.2) is 5.75 Å². The highest BCUT2D eigenvalue weighted by Crippen LogP contribution is 2.35. The molecule has 0 fully saturated rings.